The molecule has 12 heavy (non-hydrogen) atoms. The number of carbonyl (C=O) groups is 1. The number of aromatic amines is 1. The molecule has 5 heteroatoms. The zero-order valence-electron chi connectivity index (χ0n) is 6.88. The number of amides is 1. The van der Waals surface area contributed by atoms with Crippen molar-refractivity contribution in [2.75, 3.05) is 0 Å². The van der Waals surface area contributed by atoms with Crippen molar-refractivity contribution in [3.8, 4) is 0 Å². The summed E-state index contributed by atoms with van der Waals surface area (Å²) in [5.41, 5.74) is 0.332. The highest BCUT2D eigenvalue weighted by Crippen LogP contribution is 1.93. The molecule has 0 unspecified atom stereocenters. The average Bonchev–Trinajstić information content (AvgIpc) is 2.34. The zero-order chi connectivity index (χ0) is 9.14. The summed E-state index contributed by atoms with van der Waals surface area (Å²) in [4.78, 5) is 21.9. The maximum absolute atomic E-state index is 11.2. The van der Waals surface area contributed by atoms with Gasteiger partial charge in [0.1, 0.15) is 5.69 Å². The molecule has 1 aromatic heterocycles. The van der Waals surface area contributed by atoms with Gasteiger partial charge in [-0.25, -0.2) is 0 Å². The molecule has 0 aliphatic carbocycles. The van der Waals surface area contributed by atoms with E-state index in [0.717, 1.165) is 11.5 Å². The van der Waals surface area contributed by atoms with Crippen LogP contribution in [0.2, 0.25) is 0 Å². The maximum atomic E-state index is 11.2. The Morgan fingerprint density at radius 3 is 2.75 bits per heavy atom. The molecule has 66 valence electrons. The summed E-state index contributed by atoms with van der Waals surface area (Å²) in [5.74, 6) is -0.233. The molecule has 0 aromatic carbocycles. The van der Waals surface area contributed by atoms with E-state index in [4.69, 9.17) is 0 Å². The van der Waals surface area contributed by atoms with Gasteiger partial charge in [0.05, 0.1) is 0 Å². The van der Waals surface area contributed by atoms with E-state index in [1.807, 2.05) is 13.8 Å². The molecule has 0 radical (unpaired) electrons. The Balaban J connectivity index is 2.72. The van der Waals surface area contributed by atoms with Crippen molar-refractivity contribution in [2.24, 2.45) is 0 Å². The van der Waals surface area contributed by atoms with Crippen LogP contribution in [0.3, 0.4) is 0 Å². The first-order valence-corrected chi connectivity index (χ1v) is 4.40. The second-order valence-electron chi connectivity index (χ2n) is 2.71. The molecule has 1 rings (SSSR count). The van der Waals surface area contributed by atoms with Crippen LogP contribution in [0.5, 0.6) is 0 Å². The lowest BCUT2D eigenvalue weighted by molar-refractivity contribution is 0.0939. The van der Waals surface area contributed by atoms with Crippen LogP contribution < -0.4 is 10.1 Å². The normalized spacial score (nSPS) is 10.2. The molecular formula is C7H10N2O2S. The van der Waals surface area contributed by atoms with Gasteiger partial charge >= 0.3 is 0 Å². The number of hydrogen-bond acceptors (Lipinski definition) is 3. The largest absolute Gasteiger partial charge is 0.349 e. The Bertz CT molecular complexity index is 326. The number of rotatable bonds is 2. The predicted molar refractivity (Wildman–Crippen MR) is 47.5 cm³/mol. The third-order valence-electron chi connectivity index (χ3n) is 1.19. The van der Waals surface area contributed by atoms with E-state index in [1.54, 1.807) is 0 Å². The third-order valence-corrected chi connectivity index (χ3v) is 1.83. The highest BCUT2D eigenvalue weighted by molar-refractivity contribution is 7.03. The van der Waals surface area contributed by atoms with Gasteiger partial charge in [-0.1, -0.05) is 0 Å². The number of nitrogens with one attached hydrogen (secondary N) is 2. The number of H-pyrrole nitrogens is 1. The van der Waals surface area contributed by atoms with Gasteiger partial charge in [-0.05, 0) is 25.4 Å². The van der Waals surface area contributed by atoms with Crippen LogP contribution in [0, 0.1) is 0 Å². The van der Waals surface area contributed by atoms with Crippen LogP contribution in [0.4, 0.5) is 0 Å². The molecule has 0 fully saturated rings. The van der Waals surface area contributed by atoms with Crippen LogP contribution in [-0.2, 0) is 0 Å². The molecule has 0 aliphatic rings. The van der Waals surface area contributed by atoms with Gasteiger partial charge in [0.15, 0.2) is 0 Å². The van der Waals surface area contributed by atoms with Crippen molar-refractivity contribution in [3.05, 3.63) is 21.3 Å². The minimum atomic E-state index is -0.233. The monoisotopic (exact) mass is 186 g/mol. The summed E-state index contributed by atoms with van der Waals surface area (Å²) in [6, 6.07) is 1.38. The van der Waals surface area contributed by atoms with Crippen LogP contribution in [-0.4, -0.2) is 16.3 Å². The fourth-order valence-corrected chi connectivity index (χ4v) is 1.27. The predicted octanol–water partition coefficient (Wildman–Crippen LogP) is 0.575. The summed E-state index contributed by atoms with van der Waals surface area (Å²) in [7, 11) is 0. The van der Waals surface area contributed by atoms with Crippen LogP contribution in [0.15, 0.2) is 10.9 Å². The standard InChI is InChI=1S/C7H10N2O2S/c1-4(2)8-7(11)5-3-6(10)12-9-5/h3-4,9H,1-2H3,(H,8,11). The summed E-state index contributed by atoms with van der Waals surface area (Å²) >= 11 is 0.918. The maximum Gasteiger partial charge on any atom is 0.268 e. The summed E-state index contributed by atoms with van der Waals surface area (Å²) in [5, 5.41) is 2.67. The van der Waals surface area contributed by atoms with E-state index in [2.05, 4.69) is 9.69 Å². The van der Waals surface area contributed by atoms with E-state index < -0.39 is 0 Å². The second-order valence-corrected chi connectivity index (χ2v) is 3.52. The molecule has 1 aromatic rings. The fraction of sp³-hybridized carbons (Fsp3) is 0.429. The summed E-state index contributed by atoms with van der Waals surface area (Å²) in [6.07, 6.45) is 0. The lowest BCUT2D eigenvalue weighted by Gasteiger charge is -2.05. The number of carbonyl (C=O) groups excluding carboxylic acids is 1. The SMILES string of the molecule is CC(C)NC(=O)c1cc(=O)s[nH]1. The molecule has 0 atom stereocenters. The molecule has 0 aliphatic heterocycles. The third kappa shape index (κ3) is 2.20. The van der Waals surface area contributed by atoms with Crippen LogP contribution in [0.25, 0.3) is 0 Å². The Labute approximate surface area is 73.8 Å². The average molecular weight is 186 g/mol. The first-order valence-electron chi connectivity index (χ1n) is 3.59. The molecule has 1 heterocycles. The van der Waals surface area contributed by atoms with Gasteiger partial charge < -0.3 is 9.69 Å². The van der Waals surface area contributed by atoms with Crippen molar-refractivity contribution in [2.45, 2.75) is 19.9 Å². The molecule has 0 saturated heterocycles. The Hall–Kier alpha value is -1.10. The lowest BCUT2D eigenvalue weighted by Crippen LogP contribution is -2.30. The van der Waals surface area contributed by atoms with Gasteiger partial charge in [0.2, 0.25) is 4.74 Å². The first-order chi connectivity index (χ1) is 5.59. The molecular weight excluding hydrogens is 176 g/mol. The lowest BCUT2D eigenvalue weighted by atomic mass is 10.3. The van der Waals surface area contributed by atoms with E-state index in [9.17, 15) is 9.59 Å². The van der Waals surface area contributed by atoms with E-state index in [0.29, 0.717) is 5.69 Å². The van der Waals surface area contributed by atoms with E-state index in [1.165, 1.54) is 6.07 Å². The molecule has 4 nitrogen and oxygen atoms in total. The van der Waals surface area contributed by atoms with Crippen molar-refractivity contribution in [3.63, 3.8) is 0 Å². The highest BCUT2D eigenvalue weighted by Gasteiger charge is 2.08. The Kier molecular flexibility index (Phi) is 2.65. The van der Waals surface area contributed by atoms with Gasteiger partial charge in [-0.3, -0.25) is 9.59 Å². The molecule has 0 bridgehead atoms. The second kappa shape index (κ2) is 3.53. The van der Waals surface area contributed by atoms with Gasteiger partial charge in [-0.15, -0.1) is 0 Å². The molecule has 1 amide bonds. The van der Waals surface area contributed by atoms with Gasteiger partial charge in [0.25, 0.3) is 5.91 Å². The highest BCUT2D eigenvalue weighted by atomic mass is 32.1. The Morgan fingerprint density at radius 2 is 2.33 bits per heavy atom. The minimum absolute atomic E-state index is 0.0842. The molecule has 0 spiro atoms. The quantitative estimate of drug-likeness (QED) is 0.709. The van der Waals surface area contributed by atoms with Crippen molar-refractivity contribution < 1.29 is 4.79 Å². The van der Waals surface area contributed by atoms with Crippen molar-refractivity contribution in [1.82, 2.24) is 9.69 Å². The zero-order valence-corrected chi connectivity index (χ0v) is 7.70. The van der Waals surface area contributed by atoms with Crippen molar-refractivity contribution in [1.29, 1.82) is 0 Å². The van der Waals surface area contributed by atoms with Crippen LogP contribution >= 0.6 is 11.5 Å². The Morgan fingerprint density at radius 1 is 1.67 bits per heavy atom. The van der Waals surface area contributed by atoms with E-state index in [-0.39, 0.29) is 16.7 Å². The van der Waals surface area contributed by atoms with E-state index >= 15 is 0 Å². The minimum Gasteiger partial charge on any atom is -0.349 e. The van der Waals surface area contributed by atoms with Crippen LogP contribution in [0.1, 0.15) is 24.3 Å². The summed E-state index contributed by atoms with van der Waals surface area (Å²) < 4.78 is 2.49. The number of hydrogen-bond donors (Lipinski definition) is 2. The first kappa shape index (κ1) is 8.99. The van der Waals surface area contributed by atoms with Crippen molar-refractivity contribution >= 4 is 17.4 Å². The summed E-state index contributed by atoms with van der Waals surface area (Å²) in [6.45, 7) is 3.73. The molecule has 0 saturated carbocycles. The smallest absolute Gasteiger partial charge is 0.268 e. The fourth-order valence-electron chi connectivity index (χ4n) is 0.734. The van der Waals surface area contributed by atoms with Gasteiger partial charge in [-0.2, -0.15) is 0 Å². The molecule has 2 N–H and O–H groups in total. The number of aromatic nitrogens is 1. The van der Waals surface area contributed by atoms with Gasteiger partial charge in [0, 0.05) is 12.1 Å². The topological polar surface area (TPSA) is 62.0 Å².